The van der Waals surface area contributed by atoms with Crippen LogP contribution >= 0.6 is 0 Å². The summed E-state index contributed by atoms with van der Waals surface area (Å²) in [6.07, 6.45) is 1.45. The van der Waals surface area contributed by atoms with E-state index in [9.17, 15) is 8.42 Å². The average molecular weight is 293 g/mol. The topological polar surface area (TPSA) is 88.0 Å². The van der Waals surface area contributed by atoms with Crippen molar-refractivity contribution in [2.45, 2.75) is 31.2 Å². The highest BCUT2D eigenvalue weighted by Gasteiger charge is 2.18. The molecule has 1 aromatic carbocycles. The van der Waals surface area contributed by atoms with Crippen LogP contribution in [0.1, 0.15) is 31.0 Å². The van der Waals surface area contributed by atoms with E-state index in [1.807, 2.05) is 32.0 Å². The lowest BCUT2D eigenvalue weighted by atomic mass is 10.0. The Hall–Kier alpha value is -1.79. The summed E-state index contributed by atoms with van der Waals surface area (Å²) in [5.41, 5.74) is 7.73. The van der Waals surface area contributed by atoms with Gasteiger partial charge in [-0.05, 0) is 23.6 Å². The fourth-order valence-electron chi connectivity index (χ4n) is 1.99. The Balaban J connectivity index is 2.33. The van der Waals surface area contributed by atoms with Crippen molar-refractivity contribution in [3.05, 3.63) is 47.8 Å². The number of H-pyrrole nitrogens is 1. The molecule has 0 bridgehead atoms. The Labute approximate surface area is 119 Å². The number of rotatable bonds is 5. The van der Waals surface area contributed by atoms with E-state index < -0.39 is 10.0 Å². The molecule has 0 unspecified atom stereocenters. The van der Waals surface area contributed by atoms with Gasteiger partial charge in [-0.1, -0.05) is 32.0 Å². The smallest absolute Gasteiger partial charge is 0.263 e. The number of para-hydroxylation sites is 1. The predicted octanol–water partition coefficient (Wildman–Crippen LogP) is 2.40. The van der Waals surface area contributed by atoms with Crippen molar-refractivity contribution in [1.82, 2.24) is 4.98 Å². The highest BCUT2D eigenvalue weighted by molar-refractivity contribution is 7.92. The van der Waals surface area contributed by atoms with E-state index in [4.69, 9.17) is 5.73 Å². The fraction of sp³-hybridized carbons (Fsp3) is 0.286. The van der Waals surface area contributed by atoms with Crippen LogP contribution in [-0.4, -0.2) is 13.4 Å². The Bertz CT molecular complexity index is 690. The van der Waals surface area contributed by atoms with E-state index >= 15 is 0 Å². The zero-order valence-electron chi connectivity index (χ0n) is 11.6. The molecule has 0 saturated heterocycles. The summed E-state index contributed by atoms with van der Waals surface area (Å²) in [6.45, 7) is 4.32. The number of hydrogen-bond donors (Lipinski definition) is 3. The Morgan fingerprint density at radius 2 is 2.00 bits per heavy atom. The minimum Gasteiger partial charge on any atom is -0.363 e. The molecule has 0 aliphatic carbocycles. The van der Waals surface area contributed by atoms with Gasteiger partial charge in [-0.2, -0.15) is 0 Å². The van der Waals surface area contributed by atoms with Crippen molar-refractivity contribution in [2.75, 3.05) is 4.72 Å². The van der Waals surface area contributed by atoms with Gasteiger partial charge in [-0.25, -0.2) is 8.42 Å². The van der Waals surface area contributed by atoms with E-state index in [1.165, 1.54) is 6.20 Å². The second-order valence-electron chi connectivity index (χ2n) is 4.91. The van der Waals surface area contributed by atoms with Crippen LogP contribution in [0.2, 0.25) is 0 Å². The first-order valence-corrected chi connectivity index (χ1v) is 7.91. The van der Waals surface area contributed by atoms with E-state index in [0.29, 0.717) is 11.4 Å². The molecule has 108 valence electrons. The predicted molar refractivity (Wildman–Crippen MR) is 80.0 cm³/mol. The van der Waals surface area contributed by atoms with Crippen LogP contribution < -0.4 is 10.5 Å². The van der Waals surface area contributed by atoms with Crippen molar-refractivity contribution in [3.8, 4) is 0 Å². The summed E-state index contributed by atoms with van der Waals surface area (Å²) in [7, 11) is -3.60. The largest absolute Gasteiger partial charge is 0.363 e. The van der Waals surface area contributed by atoms with Crippen LogP contribution in [0.25, 0.3) is 0 Å². The fourth-order valence-corrected chi connectivity index (χ4v) is 3.09. The van der Waals surface area contributed by atoms with Gasteiger partial charge >= 0.3 is 0 Å². The minimum atomic E-state index is -3.60. The van der Waals surface area contributed by atoms with Crippen LogP contribution in [0.5, 0.6) is 0 Å². The zero-order chi connectivity index (χ0) is 14.8. The van der Waals surface area contributed by atoms with Crippen molar-refractivity contribution < 1.29 is 8.42 Å². The molecular weight excluding hydrogens is 274 g/mol. The van der Waals surface area contributed by atoms with Gasteiger partial charge in [0.15, 0.2) is 0 Å². The second kappa shape index (κ2) is 5.68. The third-order valence-electron chi connectivity index (χ3n) is 3.07. The lowest BCUT2D eigenvalue weighted by Gasteiger charge is -2.14. The summed E-state index contributed by atoms with van der Waals surface area (Å²) in [4.78, 5) is 3.03. The lowest BCUT2D eigenvalue weighted by Crippen LogP contribution is -2.14. The number of aromatic amines is 1. The van der Waals surface area contributed by atoms with Crippen molar-refractivity contribution in [2.24, 2.45) is 5.73 Å². The summed E-state index contributed by atoms with van der Waals surface area (Å²) >= 11 is 0. The summed E-state index contributed by atoms with van der Waals surface area (Å²) < 4.78 is 27.3. The molecule has 0 aliphatic rings. The summed E-state index contributed by atoms with van der Waals surface area (Å²) in [5, 5.41) is 0. The Kier molecular flexibility index (Phi) is 4.15. The van der Waals surface area contributed by atoms with Crippen molar-refractivity contribution in [1.29, 1.82) is 0 Å². The molecule has 0 spiro atoms. The number of nitrogens with one attached hydrogen (secondary N) is 2. The Morgan fingerprint density at radius 3 is 2.60 bits per heavy atom. The van der Waals surface area contributed by atoms with Gasteiger partial charge in [0, 0.05) is 18.4 Å². The zero-order valence-corrected chi connectivity index (χ0v) is 12.4. The normalized spacial score (nSPS) is 11.8. The molecule has 0 fully saturated rings. The summed E-state index contributed by atoms with van der Waals surface area (Å²) in [6, 6.07) is 8.94. The van der Waals surface area contributed by atoms with Crippen LogP contribution in [0.3, 0.4) is 0 Å². The third kappa shape index (κ3) is 3.02. The molecule has 0 amide bonds. The first-order chi connectivity index (χ1) is 9.44. The number of nitrogens with two attached hydrogens (primary N) is 1. The number of hydrogen-bond acceptors (Lipinski definition) is 3. The standard InChI is InChI=1S/C14H19N3O2S/c1-10(2)13-5-3-4-6-14(13)17-20(18,19)12-7-11(8-15)16-9-12/h3-7,9-10,16-17H,8,15H2,1-2H3. The van der Waals surface area contributed by atoms with Gasteiger partial charge in [-0.3, -0.25) is 4.72 Å². The van der Waals surface area contributed by atoms with E-state index in [1.54, 1.807) is 12.1 Å². The molecule has 20 heavy (non-hydrogen) atoms. The monoisotopic (exact) mass is 293 g/mol. The average Bonchev–Trinajstić information content (AvgIpc) is 2.88. The minimum absolute atomic E-state index is 0.191. The molecule has 4 N–H and O–H groups in total. The van der Waals surface area contributed by atoms with Gasteiger partial charge in [0.05, 0.1) is 5.69 Å². The first-order valence-electron chi connectivity index (χ1n) is 6.43. The van der Waals surface area contributed by atoms with Gasteiger partial charge < -0.3 is 10.7 Å². The number of benzene rings is 1. The SMILES string of the molecule is CC(C)c1ccccc1NS(=O)(=O)c1c[nH]c(CN)c1. The molecular formula is C14H19N3O2S. The quantitative estimate of drug-likeness (QED) is 0.791. The van der Waals surface area contributed by atoms with Crippen molar-refractivity contribution >= 4 is 15.7 Å². The number of aromatic nitrogens is 1. The van der Waals surface area contributed by atoms with Gasteiger partial charge in [-0.15, -0.1) is 0 Å². The van der Waals surface area contributed by atoms with Crippen LogP contribution in [0.4, 0.5) is 5.69 Å². The van der Waals surface area contributed by atoms with E-state index in [2.05, 4.69) is 9.71 Å². The Morgan fingerprint density at radius 1 is 1.30 bits per heavy atom. The molecule has 0 atom stereocenters. The van der Waals surface area contributed by atoms with Gasteiger partial charge in [0.2, 0.25) is 0 Å². The maximum Gasteiger partial charge on any atom is 0.263 e. The molecule has 0 aliphatic heterocycles. The molecule has 0 radical (unpaired) electrons. The second-order valence-corrected chi connectivity index (χ2v) is 6.59. The van der Waals surface area contributed by atoms with E-state index in [0.717, 1.165) is 5.56 Å². The maximum atomic E-state index is 12.3. The molecule has 0 saturated carbocycles. The third-order valence-corrected chi connectivity index (χ3v) is 4.42. The lowest BCUT2D eigenvalue weighted by molar-refractivity contribution is 0.601. The molecule has 5 nitrogen and oxygen atoms in total. The van der Waals surface area contributed by atoms with Crippen LogP contribution in [0, 0.1) is 0 Å². The molecule has 1 heterocycles. The van der Waals surface area contributed by atoms with Crippen molar-refractivity contribution in [3.63, 3.8) is 0 Å². The first kappa shape index (κ1) is 14.6. The van der Waals surface area contributed by atoms with Gasteiger partial charge in [0.25, 0.3) is 10.0 Å². The van der Waals surface area contributed by atoms with Gasteiger partial charge in [0.1, 0.15) is 4.90 Å². The number of anilines is 1. The molecule has 6 heteroatoms. The maximum absolute atomic E-state index is 12.3. The number of sulfonamides is 1. The highest BCUT2D eigenvalue weighted by Crippen LogP contribution is 2.26. The van der Waals surface area contributed by atoms with E-state index in [-0.39, 0.29) is 17.4 Å². The molecule has 2 aromatic rings. The highest BCUT2D eigenvalue weighted by atomic mass is 32.2. The molecule has 2 rings (SSSR count). The van der Waals surface area contributed by atoms with Crippen LogP contribution in [-0.2, 0) is 16.6 Å². The molecule has 1 aromatic heterocycles. The van der Waals surface area contributed by atoms with Crippen LogP contribution in [0.15, 0.2) is 41.4 Å². The summed E-state index contributed by atoms with van der Waals surface area (Å²) in [5.74, 6) is 0.236.